The van der Waals surface area contributed by atoms with Crippen LogP contribution in [0.3, 0.4) is 0 Å². The number of quaternary nitrogens is 1. The van der Waals surface area contributed by atoms with E-state index in [1.165, 1.54) is 308 Å². The first-order valence-electron chi connectivity index (χ1n) is 36.5. The van der Waals surface area contributed by atoms with Crippen molar-refractivity contribution in [3.05, 3.63) is 24.3 Å². The minimum absolute atomic E-state index is 0.0273. The molecule has 0 spiro atoms. The van der Waals surface area contributed by atoms with Crippen molar-refractivity contribution in [1.29, 1.82) is 0 Å². The van der Waals surface area contributed by atoms with Gasteiger partial charge in [-0.2, -0.15) is 0 Å². The second kappa shape index (κ2) is 64.9. The van der Waals surface area contributed by atoms with Crippen LogP contribution in [0.25, 0.3) is 0 Å². The number of hydrogen-bond donors (Lipinski definition) is 0. The number of carbonyl (C=O) groups excluding carboxylic acids is 2. The standard InChI is InChI=1S/C73H142NO8P/c1-6-8-10-12-14-16-18-20-22-24-26-28-30-32-34-35-36-37-38-40-41-43-45-47-49-51-53-55-57-59-61-63-65-72(75)79-69-71(70-81-83(77,78)80-68-67-74(3,4)5)82-73(76)66-64-62-60-58-56-54-52-50-48-46-44-42-39-33-31-29-27-25-23-21-19-17-15-13-11-9-7-2/h19,21,25,27,71H,6-18,20,22-24,26,28-70H2,1-5H3/b21-19-,27-25-. The molecular weight excluding hydrogens is 1050 g/mol. The molecule has 0 N–H and O–H groups in total. The molecule has 9 nitrogen and oxygen atoms in total. The first-order valence-corrected chi connectivity index (χ1v) is 38.0. The van der Waals surface area contributed by atoms with E-state index in [1.807, 2.05) is 21.1 Å². The van der Waals surface area contributed by atoms with E-state index >= 15 is 0 Å². The largest absolute Gasteiger partial charge is 0.756 e. The lowest BCUT2D eigenvalue weighted by Crippen LogP contribution is -2.37. The van der Waals surface area contributed by atoms with E-state index in [9.17, 15) is 19.0 Å². The molecule has 0 saturated heterocycles. The number of nitrogens with zero attached hydrogens (tertiary/aromatic N) is 1. The van der Waals surface area contributed by atoms with E-state index in [2.05, 4.69) is 38.2 Å². The third-order valence-corrected chi connectivity index (χ3v) is 17.7. The van der Waals surface area contributed by atoms with E-state index in [0.29, 0.717) is 17.4 Å². The maximum Gasteiger partial charge on any atom is 0.306 e. The predicted octanol–water partition coefficient (Wildman–Crippen LogP) is 23.0. The smallest absolute Gasteiger partial charge is 0.306 e. The molecule has 0 saturated carbocycles. The quantitative estimate of drug-likeness (QED) is 0.0195. The Labute approximate surface area is 517 Å². The molecule has 2 unspecified atom stereocenters. The maximum absolute atomic E-state index is 12.9. The van der Waals surface area contributed by atoms with Gasteiger partial charge >= 0.3 is 11.9 Å². The van der Waals surface area contributed by atoms with Crippen molar-refractivity contribution in [3.63, 3.8) is 0 Å². The summed E-state index contributed by atoms with van der Waals surface area (Å²) in [7, 11) is 1.19. The molecular formula is C73H142NO8P. The van der Waals surface area contributed by atoms with Gasteiger partial charge in [-0.3, -0.25) is 14.2 Å². The highest BCUT2D eigenvalue weighted by molar-refractivity contribution is 7.45. The van der Waals surface area contributed by atoms with E-state index in [1.54, 1.807) is 0 Å². The summed E-state index contributed by atoms with van der Waals surface area (Å²) in [5.74, 6) is -0.810. The molecule has 0 aromatic heterocycles. The zero-order valence-corrected chi connectivity index (χ0v) is 57.1. The molecule has 0 radical (unpaired) electrons. The molecule has 0 heterocycles. The average molecular weight is 1190 g/mol. The van der Waals surface area contributed by atoms with Crippen LogP contribution in [-0.4, -0.2) is 70.0 Å². The summed E-state index contributed by atoms with van der Waals surface area (Å²) in [5.41, 5.74) is 0. The number of esters is 2. The van der Waals surface area contributed by atoms with Crippen LogP contribution in [0.4, 0.5) is 0 Å². The van der Waals surface area contributed by atoms with Crippen molar-refractivity contribution in [3.8, 4) is 0 Å². The van der Waals surface area contributed by atoms with Crippen LogP contribution in [-0.2, 0) is 32.7 Å². The Morgan fingerprint density at radius 2 is 0.651 bits per heavy atom. The second-order valence-corrected chi connectivity index (χ2v) is 27.7. The van der Waals surface area contributed by atoms with Gasteiger partial charge in [0.1, 0.15) is 19.8 Å². The third kappa shape index (κ3) is 69.5. The second-order valence-electron chi connectivity index (χ2n) is 26.3. The molecule has 0 aliphatic heterocycles. The number of phosphoric ester groups is 1. The number of likely N-dealkylation sites (N-methyl/N-ethyl adjacent to an activating group) is 1. The Kier molecular flexibility index (Phi) is 63.8. The number of ether oxygens (including phenoxy) is 2. The maximum atomic E-state index is 12.9. The first kappa shape index (κ1) is 81.5. The Balaban J connectivity index is 3.96. The fraction of sp³-hybridized carbons (Fsp3) is 0.918. The highest BCUT2D eigenvalue weighted by Crippen LogP contribution is 2.38. The fourth-order valence-electron chi connectivity index (χ4n) is 11.1. The van der Waals surface area contributed by atoms with Gasteiger partial charge < -0.3 is 27.9 Å². The third-order valence-electron chi connectivity index (χ3n) is 16.7. The molecule has 2 atom stereocenters. The van der Waals surface area contributed by atoms with Crippen LogP contribution in [0, 0.1) is 0 Å². The van der Waals surface area contributed by atoms with Gasteiger partial charge in [0.25, 0.3) is 7.82 Å². The van der Waals surface area contributed by atoms with Gasteiger partial charge in [0.05, 0.1) is 27.7 Å². The molecule has 492 valence electrons. The summed E-state index contributed by atoms with van der Waals surface area (Å²) >= 11 is 0. The molecule has 0 aliphatic carbocycles. The van der Waals surface area contributed by atoms with Crippen molar-refractivity contribution in [2.45, 2.75) is 386 Å². The summed E-state index contributed by atoms with van der Waals surface area (Å²) in [5, 5.41) is 0. The number of carbonyl (C=O) groups is 2. The van der Waals surface area contributed by atoms with E-state index in [-0.39, 0.29) is 32.0 Å². The summed E-state index contributed by atoms with van der Waals surface area (Å²) in [6.07, 6.45) is 81.3. The molecule has 83 heavy (non-hydrogen) atoms. The van der Waals surface area contributed by atoms with E-state index in [0.717, 1.165) is 38.5 Å². The zero-order chi connectivity index (χ0) is 60.5. The molecule has 0 fully saturated rings. The molecule has 0 bridgehead atoms. The predicted molar refractivity (Wildman–Crippen MR) is 356 cm³/mol. The highest BCUT2D eigenvalue weighted by Gasteiger charge is 2.22. The lowest BCUT2D eigenvalue weighted by Gasteiger charge is -2.28. The Morgan fingerprint density at radius 1 is 0.373 bits per heavy atom. The van der Waals surface area contributed by atoms with Crippen molar-refractivity contribution < 1.29 is 42.1 Å². The minimum Gasteiger partial charge on any atom is -0.756 e. The van der Waals surface area contributed by atoms with Crippen molar-refractivity contribution >= 4 is 19.8 Å². The average Bonchev–Trinajstić information content (AvgIpc) is 3.49. The fourth-order valence-corrected chi connectivity index (χ4v) is 11.8. The lowest BCUT2D eigenvalue weighted by molar-refractivity contribution is -0.870. The zero-order valence-electron chi connectivity index (χ0n) is 56.2. The highest BCUT2D eigenvalue weighted by atomic mass is 31.2. The van der Waals surface area contributed by atoms with Gasteiger partial charge in [-0.15, -0.1) is 0 Å². The first-order chi connectivity index (χ1) is 40.5. The van der Waals surface area contributed by atoms with Crippen molar-refractivity contribution in [1.82, 2.24) is 0 Å². The molecule has 0 rings (SSSR count). The van der Waals surface area contributed by atoms with Crippen LogP contribution in [0.1, 0.15) is 380 Å². The van der Waals surface area contributed by atoms with Gasteiger partial charge in [-0.05, 0) is 44.9 Å². The number of unbranched alkanes of at least 4 members (excludes halogenated alkanes) is 51. The van der Waals surface area contributed by atoms with Gasteiger partial charge in [0.2, 0.25) is 0 Å². The lowest BCUT2D eigenvalue weighted by atomic mass is 10.0. The van der Waals surface area contributed by atoms with Crippen molar-refractivity contribution in [2.24, 2.45) is 0 Å². The molecule has 0 aromatic carbocycles. The van der Waals surface area contributed by atoms with Crippen LogP contribution >= 0.6 is 7.82 Å². The topological polar surface area (TPSA) is 111 Å². The van der Waals surface area contributed by atoms with E-state index in [4.69, 9.17) is 18.5 Å². The van der Waals surface area contributed by atoms with Crippen LogP contribution in [0.2, 0.25) is 0 Å². The molecule has 0 aliphatic rings. The van der Waals surface area contributed by atoms with Gasteiger partial charge in [0.15, 0.2) is 6.10 Å². The van der Waals surface area contributed by atoms with Crippen molar-refractivity contribution in [2.75, 3.05) is 47.5 Å². The monoisotopic (exact) mass is 1190 g/mol. The summed E-state index contributed by atoms with van der Waals surface area (Å²) in [6, 6.07) is 0. The minimum atomic E-state index is -4.64. The molecule has 0 aromatic rings. The SMILES string of the molecule is CCCCCCC/C=C\C/C=C\CCCCCCCCCCCCCCCCCC(=O)OC(COC(=O)CCCCCCCCCCCCCCCCCCCCCCCCCCCCCCCCCC)COP(=O)([O-])OCC[N+](C)(C)C. The van der Waals surface area contributed by atoms with Crippen LogP contribution in [0.15, 0.2) is 24.3 Å². The normalized spacial score (nSPS) is 13.2. The van der Waals surface area contributed by atoms with Crippen LogP contribution < -0.4 is 4.89 Å². The number of rotatable bonds is 69. The summed E-state index contributed by atoms with van der Waals surface area (Å²) in [6.45, 7) is 4.31. The van der Waals surface area contributed by atoms with E-state index < -0.39 is 26.5 Å². The van der Waals surface area contributed by atoms with Gasteiger partial charge in [-0.1, -0.05) is 346 Å². The Bertz CT molecular complexity index is 1450. The molecule has 10 heteroatoms. The Morgan fingerprint density at radius 3 is 0.952 bits per heavy atom. The number of hydrogen-bond acceptors (Lipinski definition) is 8. The Hall–Kier alpha value is -1.51. The molecule has 0 amide bonds. The number of allylic oxidation sites excluding steroid dienone is 4. The van der Waals surface area contributed by atoms with Gasteiger partial charge in [-0.25, -0.2) is 0 Å². The number of phosphoric acid groups is 1. The summed E-state index contributed by atoms with van der Waals surface area (Å²) < 4.78 is 34.4. The van der Waals surface area contributed by atoms with Crippen LogP contribution in [0.5, 0.6) is 0 Å². The summed E-state index contributed by atoms with van der Waals surface area (Å²) in [4.78, 5) is 38.1. The van der Waals surface area contributed by atoms with Gasteiger partial charge in [0, 0.05) is 12.8 Å².